The molecule has 0 N–H and O–H groups in total. The first kappa shape index (κ1) is 17.5. The molecular formula is C18H32N2O2. The van der Waals surface area contributed by atoms with E-state index in [1.807, 2.05) is 6.07 Å². The van der Waals surface area contributed by atoms with Gasteiger partial charge in [0.2, 0.25) is 0 Å². The smallest absolute Gasteiger partial charge is 0.117 e. The van der Waals surface area contributed by atoms with Gasteiger partial charge < -0.3 is 14.1 Å². The molecule has 1 aromatic heterocycles. The van der Waals surface area contributed by atoms with E-state index in [-0.39, 0.29) is 11.0 Å². The fraction of sp³-hybridized carbons (Fsp3) is 0.778. The second-order valence-electron chi connectivity index (χ2n) is 7.66. The molecule has 2 heterocycles. The minimum atomic E-state index is -0.0294. The molecule has 0 aliphatic carbocycles. The Morgan fingerprint density at radius 2 is 2.00 bits per heavy atom. The Morgan fingerprint density at radius 3 is 2.55 bits per heavy atom. The van der Waals surface area contributed by atoms with Crippen LogP contribution >= 0.6 is 0 Å². The zero-order valence-corrected chi connectivity index (χ0v) is 14.9. The lowest BCUT2D eigenvalue weighted by molar-refractivity contribution is -0.117. The Bertz CT molecular complexity index is 442. The fourth-order valence-electron chi connectivity index (χ4n) is 3.95. The maximum Gasteiger partial charge on any atom is 0.117 e. The maximum atomic E-state index is 5.97. The first-order valence-corrected chi connectivity index (χ1v) is 8.38. The van der Waals surface area contributed by atoms with Crippen LogP contribution in [0.2, 0.25) is 0 Å². The Balaban J connectivity index is 2.10. The highest BCUT2D eigenvalue weighted by Gasteiger charge is 2.42. The number of nitrogens with zero attached hydrogens (tertiary/aromatic N) is 2. The van der Waals surface area contributed by atoms with Gasteiger partial charge in [0, 0.05) is 25.1 Å². The first-order chi connectivity index (χ1) is 10.3. The molecule has 1 aliphatic heterocycles. The van der Waals surface area contributed by atoms with Crippen LogP contribution in [-0.4, -0.2) is 55.7 Å². The van der Waals surface area contributed by atoms with Crippen molar-refractivity contribution in [2.45, 2.75) is 45.8 Å². The number of ether oxygens (including phenoxy) is 1. The van der Waals surface area contributed by atoms with E-state index in [9.17, 15) is 0 Å². The van der Waals surface area contributed by atoms with Crippen LogP contribution in [0.25, 0.3) is 0 Å². The summed E-state index contributed by atoms with van der Waals surface area (Å²) in [5.74, 6) is 1.05. The summed E-state index contributed by atoms with van der Waals surface area (Å²) in [6.07, 6.45) is 3.99. The normalized spacial score (nSPS) is 25.0. The van der Waals surface area contributed by atoms with Crippen LogP contribution < -0.4 is 0 Å². The van der Waals surface area contributed by atoms with Gasteiger partial charge in [-0.1, -0.05) is 6.92 Å². The summed E-state index contributed by atoms with van der Waals surface area (Å²) in [6.45, 7) is 11.7. The summed E-state index contributed by atoms with van der Waals surface area (Å²) in [7, 11) is 4.35. The van der Waals surface area contributed by atoms with Crippen LogP contribution in [0.1, 0.15) is 39.4 Å². The van der Waals surface area contributed by atoms with Gasteiger partial charge in [-0.3, -0.25) is 4.90 Å². The standard InChI is InChI=1S/C18H32N2O2/c1-6-20(12-16-8-7-10-21-16)15-18(14-19(4)5)9-11-22-17(2,3)13-18/h7-8,10H,6,9,11-15H2,1-5H3/t18-/m0/s1. The van der Waals surface area contributed by atoms with Crippen molar-refractivity contribution >= 4 is 0 Å². The second-order valence-corrected chi connectivity index (χ2v) is 7.66. The van der Waals surface area contributed by atoms with Gasteiger partial charge in [-0.05, 0) is 59.5 Å². The molecule has 4 heteroatoms. The molecule has 0 aromatic carbocycles. The van der Waals surface area contributed by atoms with Crippen molar-refractivity contribution in [1.29, 1.82) is 0 Å². The maximum absolute atomic E-state index is 5.97. The van der Waals surface area contributed by atoms with E-state index in [0.717, 1.165) is 51.4 Å². The third-order valence-electron chi connectivity index (χ3n) is 4.54. The average Bonchev–Trinajstić information content (AvgIpc) is 2.88. The van der Waals surface area contributed by atoms with Crippen LogP contribution in [0.4, 0.5) is 0 Å². The molecule has 1 atom stereocenters. The SMILES string of the molecule is CCN(Cc1ccco1)C[C@@]1(CN(C)C)CCOC(C)(C)C1. The third kappa shape index (κ3) is 4.83. The molecular weight excluding hydrogens is 276 g/mol. The summed E-state index contributed by atoms with van der Waals surface area (Å²) < 4.78 is 11.5. The van der Waals surface area contributed by atoms with E-state index in [1.54, 1.807) is 6.26 Å². The van der Waals surface area contributed by atoms with E-state index in [2.05, 4.69) is 50.7 Å². The molecule has 1 aromatic rings. The highest BCUT2D eigenvalue weighted by Crippen LogP contribution is 2.40. The fourth-order valence-corrected chi connectivity index (χ4v) is 3.95. The van der Waals surface area contributed by atoms with Crippen LogP contribution in [0.5, 0.6) is 0 Å². The lowest BCUT2D eigenvalue weighted by atomic mass is 9.73. The van der Waals surface area contributed by atoms with Gasteiger partial charge in [0.15, 0.2) is 0 Å². The van der Waals surface area contributed by atoms with Crippen molar-refractivity contribution in [3.8, 4) is 0 Å². The number of hydrogen-bond donors (Lipinski definition) is 0. The summed E-state index contributed by atoms with van der Waals surface area (Å²) >= 11 is 0. The minimum Gasteiger partial charge on any atom is -0.468 e. The Morgan fingerprint density at radius 1 is 1.23 bits per heavy atom. The summed E-state index contributed by atoms with van der Waals surface area (Å²) in [5.41, 5.74) is 0.256. The lowest BCUT2D eigenvalue weighted by Gasteiger charge is -2.48. The quantitative estimate of drug-likeness (QED) is 0.773. The van der Waals surface area contributed by atoms with Crippen molar-refractivity contribution in [2.75, 3.05) is 40.3 Å². The monoisotopic (exact) mass is 308 g/mol. The molecule has 1 fully saturated rings. The molecule has 0 saturated carbocycles. The molecule has 0 amide bonds. The highest BCUT2D eigenvalue weighted by atomic mass is 16.5. The van der Waals surface area contributed by atoms with Gasteiger partial charge >= 0.3 is 0 Å². The van der Waals surface area contributed by atoms with E-state index >= 15 is 0 Å². The Hall–Kier alpha value is -0.840. The molecule has 0 bridgehead atoms. The highest BCUT2D eigenvalue weighted by molar-refractivity contribution is 4.99. The second kappa shape index (κ2) is 7.16. The lowest BCUT2D eigenvalue weighted by Crippen LogP contribution is -2.51. The molecule has 4 nitrogen and oxygen atoms in total. The largest absolute Gasteiger partial charge is 0.468 e. The molecule has 2 rings (SSSR count). The van der Waals surface area contributed by atoms with E-state index in [1.165, 1.54) is 0 Å². The zero-order valence-electron chi connectivity index (χ0n) is 14.9. The predicted octanol–water partition coefficient (Wildman–Crippen LogP) is 3.24. The predicted molar refractivity (Wildman–Crippen MR) is 89.9 cm³/mol. The van der Waals surface area contributed by atoms with Gasteiger partial charge in [0.25, 0.3) is 0 Å². The zero-order chi connectivity index (χ0) is 16.2. The molecule has 0 unspecified atom stereocenters. The van der Waals surface area contributed by atoms with Crippen molar-refractivity contribution < 1.29 is 9.15 Å². The Kier molecular flexibility index (Phi) is 5.70. The minimum absolute atomic E-state index is 0.0294. The molecule has 1 aliphatic rings. The van der Waals surface area contributed by atoms with Gasteiger partial charge in [-0.25, -0.2) is 0 Å². The number of furan rings is 1. The molecule has 126 valence electrons. The number of rotatable bonds is 7. The van der Waals surface area contributed by atoms with Crippen LogP contribution in [0.15, 0.2) is 22.8 Å². The summed E-state index contributed by atoms with van der Waals surface area (Å²) in [6, 6.07) is 4.03. The topological polar surface area (TPSA) is 28.9 Å². The van der Waals surface area contributed by atoms with Gasteiger partial charge in [0.05, 0.1) is 18.4 Å². The molecule has 0 spiro atoms. The van der Waals surface area contributed by atoms with Crippen LogP contribution in [0, 0.1) is 5.41 Å². The third-order valence-corrected chi connectivity index (χ3v) is 4.54. The summed E-state index contributed by atoms with van der Waals surface area (Å²) in [5, 5.41) is 0. The average molecular weight is 308 g/mol. The van der Waals surface area contributed by atoms with Crippen LogP contribution in [0.3, 0.4) is 0 Å². The summed E-state index contributed by atoms with van der Waals surface area (Å²) in [4.78, 5) is 4.83. The van der Waals surface area contributed by atoms with Gasteiger partial charge in [-0.2, -0.15) is 0 Å². The van der Waals surface area contributed by atoms with Crippen molar-refractivity contribution in [3.63, 3.8) is 0 Å². The van der Waals surface area contributed by atoms with E-state index in [0.29, 0.717) is 0 Å². The van der Waals surface area contributed by atoms with Crippen molar-refractivity contribution in [2.24, 2.45) is 5.41 Å². The van der Waals surface area contributed by atoms with Crippen molar-refractivity contribution in [3.05, 3.63) is 24.2 Å². The van der Waals surface area contributed by atoms with E-state index in [4.69, 9.17) is 9.15 Å². The molecule has 22 heavy (non-hydrogen) atoms. The van der Waals surface area contributed by atoms with Crippen molar-refractivity contribution in [1.82, 2.24) is 9.80 Å². The van der Waals surface area contributed by atoms with Gasteiger partial charge in [-0.15, -0.1) is 0 Å². The van der Waals surface area contributed by atoms with Crippen LogP contribution in [-0.2, 0) is 11.3 Å². The molecule has 0 radical (unpaired) electrons. The number of hydrogen-bond acceptors (Lipinski definition) is 4. The first-order valence-electron chi connectivity index (χ1n) is 8.38. The van der Waals surface area contributed by atoms with E-state index < -0.39 is 0 Å². The Labute approximate surface area is 135 Å². The molecule has 1 saturated heterocycles. The van der Waals surface area contributed by atoms with Gasteiger partial charge in [0.1, 0.15) is 5.76 Å².